The van der Waals surface area contributed by atoms with Gasteiger partial charge in [0.15, 0.2) is 5.16 Å². The highest BCUT2D eigenvalue weighted by atomic mass is 32.2. The minimum absolute atomic E-state index is 0.0283. The van der Waals surface area contributed by atoms with Crippen molar-refractivity contribution in [2.75, 3.05) is 6.54 Å². The molecule has 0 bridgehead atoms. The number of aryl methyl sites for hydroxylation is 1. The summed E-state index contributed by atoms with van der Waals surface area (Å²) >= 11 is 3.06. The number of aromatic nitrogens is 4. The van der Waals surface area contributed by atoms with Crippen molar-refractivity contribution in [1.29, 1.82) is 0 Å². The molecule has 3 aromatic rings. The van der Waals surface area contributed by atoms with Crippen molar-refractivity contribution in [3.63, 3.8) is 0 Å². The molecular weight excluding hydrogens is 354 g/mol. The van der Waals surface area contributed by atoms with Gasteiger partial charge >= 0.3 is 0 Å². The van der Waals surface area contributed by atoms with E-state index in [0.29, 0.717) is 13.0 Å². The number of amides is 1. The summed E-state index contributed by atoms with van der Waals surface area (Å²) in [5, 5.41) is 14.2. The van der Waals surface area contributed by atoms with Crippen LogP contribution in [-0.4, -0.2) is 32.2 Å². The van der Waals surface area contributed by atoms with Gasteiger partial charge in [0.1, 0.15) is 5.82 Å². The van der Waals surface area contributed by atoms with Crippen LogP contribution in [0.5, 0.6) is 0 Å². The van der Waals surface area contributed by atoms with Crippen molar-refractivity contribution in [1.82, 2.24) is 25.1 Å². The maximum atomic E-state index is 12.1. The van der Waals surface area contributed by atoms with Crippen LogP contribution >= 0.6 is 23.1 Å². The number of rotatable bonds is 7. The van der Waals surface area contributed by atoms with Crippen molar-refractivity contribution in [2.24, 2.45) is 7.05 Å². The van der Waals surface area contributed by atoms with Crippen LogP contribution in [-0.2, 0) is 19.2 Å². The molecule has 0 spiro atoms. The Labute approximate surface area is 154 Å². The van der Waals surface area contributed by atoms with E-state index in [0.717, 1.165) is 32.9 Å². The fourth-order valence-electron chi connectivity index (χ4n) is 2.28. The Hall–Kier alpha value is -2.19. The zero-order valence-electron chi connectivity index (χ0n) is 14.1. The standard InChI is InChI=1S/C17H19N5OS2/c1-12-7-10-24-15(12)16(23)19-9-6-14-20-21-17(22(14)2)25-11-13-5-3-4-8-18-13/h3-5,7-8,10H,6,9,11H2,1-2H3,(H,19,23). The molecule has 8 heteroatoms. The lowest BCUT2D eigenvalue weighted by Gasteiger charge is -2.05. The van der Waals surface area contributed by atoms with Crippen molar-refractivity contribution in [2.45, 2.75) is 24.3 Å². The Bertz CT molecular complexity index is 844. The fraction of sp³-hybridized carbons (Fsp3) is 0.294. The van der Waals surface area contributed by atoms with Gasteiger partial charge < -0.3 is 9.88 Å². The fourth-order valence-corrected chi connectivity index (χ4v) is 3.97. The first kappa shape index (κ1) is 17.6. The van der Waals surface area contributed by atoms with Gasteiger partial charge in [-0.25, -0.2) is 0 Å². The topological polar surface area (TPSA) is 72.7 Å². The van der Waals surface area contributed by atoms with E-state index in [4.69, 9.17) is 0 Å². The number of nitrogens with zero attached hydrogens (tertiary/aromatic N) is 4. The zero-order valence-corrected chi connectivity index (χ0v) is 15.7. The number of hydrogen-bond acceptors (Lipinski definition) is 6. The van der Waals surface area contributed by atoms with E-state index in [-0.39, 0.29) is 5.91 Å². The minimum atomic E-state index is -0.0283. The van der Waals surface area contributed by atoms with E-state index in [1.54, 1.807) is 18.0 Å². The lowest BCUT2D eigenvalue weighted by atomic mass is 10.3. The van der Waals surface area contributed by atoms with Gasteiger partial charge in [0.2, 0.25) is 0 Å². The summed E-state index contributed by atoms with van der Waals surface area (Å²) in [4.78, 5) is 17.2. The summed E-state index contributed by atoms with van der Waals surface area (Å²) < 4.78 is 1.97. The Kier molecular flexibility index (Phi) is 5.83. The molecule has 3 heterocycles. The summed E-state index contributed by atoms with van der Waals surface area (Å²) in [6, 6.07) is 7.82. The molecule has 3 aromatic heterocycles. The first-order chi connectivity index (χ1) is 12.1. The van der Waals surface area contributed by atoms with E-state index >= 15 is 0 Å². The van der Waals surface area contributed by atoms with Crippen LogP contribution < -0.4 is 5.32 Å². The quantitative estimate of drug-likeness (QED) is 0.645. The zero-order chi connectivity index (χ0) is 17.6. The highest BCUT2D eigenvalue weighted by Gasteiger charge is 2.12. The number of pyridine rings is 1. The molecule has 3 rings (SSSR count). The first-order valence-electron chi connectivity index (χ1n) is 7.88. The number of thiophene rings is 1. The summed E-state index contributed by atoms with van der Waals surface area (Å²) in [5.41, 5.74) is 2.02. The molecule has 0 atom stereocenters. The largest absolute Gasteiger partial charge is 0.351 e. The minimum Gasteiger partial charge on any atom is -0.351 e. The van der Waals surface area contributed by atoms with Gasteiger partial charge in [-0.2, -0.15) is 0 Å². The van der Waals surface area contributed by atoms with E-state index in [1.165, 1.54) is 11.3 Å². The number of thioether (sulfide) groups is 1. The molecule has 0 aromatic carbocycles. The summed E-state index contributed by atoms with van der Waals surface area (Å²) in [6.45, 7) is 2.48. The van der Waals surface area contributed by atoms with Crippen molar-refractivity contribution < 1.29 is 4.79 Å². The first-order valence-corrected chi connectivity index (χ1v) is 9.75. The second kappa shape index (κ2) is 8.26. The third-order valence-corrected chi connectivity index (χ3v) is 5.77. The van der Waals surface area contributed by atoms with Crippen LogP contribution in [0.1, 0.15) is 26.8 Å². The summed E-state index contributed by atoms with van der Waals surface area (Å²) in [6.07, 6.45) is 2.43. The normalized spacial score (nSPS) is 10.8. The van der Waals surface area contributed by atoms with E-state index in [2.05, 4.69) is 20.5 Å². The van der Waals surface area contributed by atoms with Crippen LogP contribution in [0.25, 0.3) is 0 Å². The molecule has 0 aliphatic heterocycles. The predicted octanol–water partition coefficient (Wildman–Crippen LogP) is 2.84. The molecule has 0 unspecified atom stereocenters. The average Bonchev–Trinajstić information content (AvgIpc) is 3.20. The third-order valence-electron chi connectivity index (χ3n) is 3.70. The maximum absolute atomic E-state index is 12.1. The Morgan fingerprint density at radius 1 is 1.32 bits per heavy atom. The number of carbonyl (C=O) groups excluding carboxylic acids is 1. The number of nitrogens with one attached hydrogen (secondary N) is 1. The molecule has 0 aliphatic carbocycles. The molecule has 1 amide bonds. The molecule has 0 aliphatic rings. The molecule has 130 valence electrons. The Morgan fingerprint density at radius 3 is 2.92 bits per heavy atom. The molecule has 0 saturated heterocycles. The van der Waals surface area contributed by atoms with Crippen LogP contribution in [0.4, 0.5) is 0 Å². The van der Waals surface area contributed by atoms with E-state index in [1.807, 2.05) is 48.2 Å². The predicted molar refractivity (Wildman–Crippen MR) is 99.9 cm³/mol. The lowest BCUT2D eigenvalue weighted by Crippen LogP contribution is -2.26. The summed E-state index contributed by atoms with van der Waals surface area (Å²) in [7, 11) is 1.95. The van der Waals surface area contributed by atoms with Gasteiger partial charge in [-0.3, -0.25) is 9.78 Å². The van der Waals surface area contributed by atoms with Crippen LogP contribution in [0.2, 0.25) is 0 Å². The van der Waals surface area contributed by atoms with Gasteiger partial charge in [-0.1, -0.05) is 17.8 Å². The second-order valence-electron chi connectivity index (χ2n) is 5.51. The van der Waals surface area contributed by atoms with Crippen molar-refractivity contribution in [3.05, 3.63) is 57.8 Å². The molecule has 0 radical (unpaired) electrons. The van der Waals surface area contributed by atoms with Crippen LogP contribution in [0.3, 0.4) is 0 Å². The molecule has 0 fully saturated rings. The number of hydrogen-bond donors (Lipinski definition) is 1. The molecule has 25 heavy (non-hydrogen) atoms. The van der Waals surface area contributed by atoms with E-state index < -0.39 is 0 Å². The van der Waals surface area contributed by atoms with Gasteiger partial charge in [0.25, 0.3) is 5.91 Å². The average molecular weight is 374 g/mol. The van der Waals surface area contributed by atoms with Gasteiger partial charge in [0, 0.05) is 32.0 Å². The monoisotopic (exact) mass is 373 g/mol. The van der Waals surface area contributed by atoms with E-state index in [9.17, 15) is 4.79 Å². The second-order valence-corrected chi connectivity index (χ2v) is 7.36. The van der Waals surface area contributed by atoms with Gasteiger partial charge in [-0.15, -0.1) is 21.5 Å². The molecule has 0 saturated carbocycles. The highest BCUT2D eigenvalue weighted by molar-refractivity contribution is 7.98. The Morgan fingerprint density at radius 2 is 2.20 bits per heavy atom. The smallest absolute Gasteiger partial charge is 0.261 e. The lowest BCUT2D eigenvalue weighted by molar-refractivity contribution is 0.0957. The van der Waals surface area contributed by atoms with Crippen LogP contribution in [0, 0.1) is 6.92 Å². The molecular formula is C17H19N5OS2. The Balaban J connectivity index is 1.51. The van der Waals surface area contributed by atoms with Gasteiger partial charge in [-0.05, 0) is 36.1 Å². The third kappa shape index (κ3) is 4.46. The summed E-state index contributed by atoms with van der Waals surface area (Å²) in [5.74, 6) is 1.58. The SMILES string of the molecule is Cc1ccsc1C(=O)NCCc1nnc(SCc2ccccn2)n1C. The van der Waals surface area contributed by atoms with Gasteiger partial charge in [0.05, 0.1) is 10.6 Å². The molecule has 1 N–H and O–H groups in total. The van der Waals surface area contributed by atoms with Crippen molar-refractivity contribution in [3.8, 4) is 0 Å². The maximum Gasteiger partial charge on any atom is 0.261 e. The highest BCUT2D eigenvalue weighted by Crippen LogP contribution is 2.20. The van der Waals surface area contributed by atoms with Crippen molar-refractivity contribution >= 4 is 29.0 Å². The van der Waals surface area contributed by atoms with Crippen LogP contribution in [0.15, 0.2) is 41.0 Å². The molecule has 6 nitrogen and oxygen atoms in total. The number of carbonyl (C=O) groups is 1.